The number of hydrogen-bond acceptors (Lipinski definition) is 2. The Bertz CT molecular complexity index is 479. The van der Waals surface area contributed by atoms with Gasteiger partial charge in [-0.3, -0.25) is 5.73 Å². The summed E-state index contributed by atoms with van der Waals surface area (Å²) in [5, 5.41) is 8.94. The molecule has 2 nitrogen and oxygen atoms in total. The van der Waals surface area contributed by atoms with Gasteiger partial charge in [-0.15, -0.1) is 0 Å². The van der Waals surface area contributed by atoms with Crippen molar-refractivity contribution in [3.8, 4) is 0 Å². The molecular weight excluding hydrogens is 295 g/mol. The Kier molecular flexibility index (Phi) is 4.35. The van der Waals surface area contributed by atoms with Crippen LogP contribution >= 0.6 is 0 Å². The molecule has 1 aromatic carbocycles. The van der Waals surface area contributed by atoms with E-state index in [4.69, 9.17) is 5.11 Å². The van der Waals surface area contributed by atoms with Crippen LogP contribution in [0.2, 0.25) is 0 Å². The molecule has 0 bridgehead atoms. The van der Waals surface area contributed by atoms with Crippen LogP contribution in [0.25, 0.3) is 0 Å². The van der Waals surface area contributed by atoms with E-state index in [0.717, 1.165) is 0 Å². The Morgan fingerprint density at radius 3 is 2.00 bits per heavy atom. The largest absolute Gasteiger partial charge is 0.430 e. The Morgan fingerprint density at radius 2 is 1.60 bits per heavy atom. The summed E-state index contributed by atoms with van der Waals surface area (Å²) in [4.78, 5) is 0. The van der Waals surface area contributed by atoms with E-state index in [1.807, 2.05) is 0 Å². The second-order valence-electron chi connectivity index (χ2n) is 4.23. The average Bonchev–Trinajstić information content (AvgIpc) is 2.24. The van der Waals surface area contributed by atoms with E-state index in [9.17, 15) is 30.7 Å². The minimum absolute atomic E-state index is 0.179. The van der Waals surface area contributed by atoms with E-state index in [1.54, 1.807) is 0 Å². The quantitative estimate of drug-likeness (QED) is 0.666. The van der Waals surface area contributed by atoms with Crippen LogP contribution in [-0.4, -0.2) is 17.0 Å². The van der Waals surface area contributed by atoms with E-state index in [-0.39, 0.29) is 6.07 Å². The van der Waals surface area contributed by atoms with Gasteiger partial charge in [-0.2, -0.15) is 26.3 Å². The molecule has 0 saturated heterocycles. The molecule has 0 fully saturated rings. The smallest absolute Gasteiger partial charge is 0.368 e. The number of alkyl halides is 6. The topological polar surface area (TPSA) is 46.2 Å². The molecule has 1 atom stereocenters. The summed E-state index contributed by atoms with van der Waals surface area (Å²) in [6, 6.07) is 1.44. The summed E-state index contributed by atoms with van der Waals surface area (Å²) in [7, 11) is 0. The lowest BCUT2D eigenvalue weighted by molar-refractivity contribution is -0.260. The van der Waals surface area contributed by atoms with E-state index in [2.05, 4.69) is 5.73 Å². The van der Waals surface area contributed by atoms with Gasteiger partial charge in [0, 0.05) is 6.42 Å². The van der Waals surface area contributed by atoms with Gasteiger partial charge in [0.2, 0.25) is 5.72 Å². The van der Waals surface area contributed by atoms with Crippen LogP contribution in [-0.2, 0) is 12.6 Å². The molecule has 114 valence electrons. The first kappa shape index (κ1) is 16.7. The number of hydrogen-bond donors (Lipinski definition) is 2. The van der Waals surface area contributed by atoms with Crippen molar-refractivity contribution in [3.05, 3.63) is 35.1 Å². The Morgan fingerprint density at radius 1 is 1.05 bits per heavy atom. The Balaban J connectivity index is 2.86. The maximum atomic E-state index is 13.3. The molecule has 1 aromatic rings. The number of halogens is 7. The number of nitrogens with two attached hydrogens (primary N) is 1. The summed E-state index contributed by atoms with van der Waals surface area (Å²) in [6.45, 7) is 0. The Hall–Kier alpha value is -1.35. The van der Waals surface area contributed by atoms with Crippen LogP contribution in [0.4, 0.5) is 30.7 Å². The highest BCUT2D eigenvalue weighted by Gasteiger charge is 2.50. The third kappa shape index (κ3) is 3.83. The van der Waals surface area contributed by atoms with Crippen LogP contribution in [0.3, 0.4) is 0 Å². The van der Waals surface area contributed by atoms with Crippen LogP contribution < -0.4 is 5.73 Å². The molecule has 3 N–H and O–H groups in total. The van der Waals surface area contributed by atoms with Gasteiger partial charge >= 0.3 is 12.4 Å². The summed E-state index contributed by atoms with van der Waals surface area (Å²) in [5.41, 5.74) is -0.556. The van der Waals surface area contributed by atoms with Crippen LogP contribution in [0.1, 0.15) is 17.5 Å². The molecule has 0 amide bonds. The van der Waals surface area contributed by atoms with Crippen molar-refractivity contribution in [1.29, 1.82) is 0 Å². The van der Waals surface area contributed by atoms with Gasteiger partial charge in [0.15, 0.2) is 0 Å². The van der Waals surface area contributed by atoms with Crippen molar-refractivity contribution in [2.75, 3.05) is 0 Å². The molecule has 1 unspecified atom stereocenters. The highest BCUT2D eigenvalue weighted by atomic mass is 19.4. The van der Waals surface area contributed by atoms with Crippen molar-refractivity contribution in [2.45, 2.75) is 30.9 Å². The van der Waals surface area contributed by atoms with Crippen LogP contribution in [0.5, 0.6) is 0 Å². The molecule has 9 heteroatoms. The van der Waals surface area contributed by atoms with Crippen LogP contribution in [0.15, 0.2) is 18.2 Å². The molecule has 0 saturated carbocycles. The number of benzene rings is 1. The molecule has 1 rings (SSSR count). The first-order valence-corrected chi connectivity index (χ1v) is 5.28. The molecule has 0 heterocycles. The first-order valence-electron chi connectivity index (χ1n) is 5.28. The van der Waals surface area contributed by atoms with E-state index in [1.165, 1.54) is 0 Å². The van der Waals surface area contributed by atoms with Crippen molar-refractivity contribution in [3.63, 3.8) is 0 Å². The van der Waals surface area contributed by atoms with Gasteiger partial charge in [-0.05, 0) is 24.1 Å². The fourth-order valence-electron chi connectivity index (χ4n) is 1.39. The SMILES string of the molecule is NC(O)(CCc1ccc(C(F)(F)F)cc1F)C(F)(F)F. The lowest BCUT2D eigenvalue weighted by atomic mass is 10.0. The highest BCUT2D eigenvalue weighted by molar-refractivity contribution is 5.26. The minimum atomic E-state index is -5.12. The van der Waals surface area contributed by atoms with Crippen molar-refractivity contribution >= 4 is 0 Å². The highest BCUT2D eigenvalue weighted by Crippen LogP contribution is 2.32. The molecular formula is C11H10F7NO. The van der Waals surface area contributed by atoms with Crippen molar-refractivity contribution < 1.29 is 35.8 Å². The molecule has 0 radical (unpaired) electrons. The normalized spacial score (nSPS) is 16.1. The average molecular weight is 305 g/mol. The van der Waals surface area contributed by atoms with Crippen molar-refractivity contribution in [2.24, 2.45) is 5.73 Å². The molecule has 0 aliphatic carbocycles. The number of rotatable bonds is 3. The zero-order chi connectivity index (χ0) is 15.8. The standard InChI is InChI=1S/C11H10F7NO/c12-8-5-7(10(13,14)15)2-1-6(8)3-4-9(19,20)11(16,17)18/h1-2,5,20H,3-4,19H2. The van der Waals surface area contributed by atoms with Gasteiger partial charge in [-0.25, -0.2) is 4.39 Å². The summed E-state index contributed by atoms with van der Waals surface area (Å²) < 4.78 is 86.8. The van der Waals surface area contributed by atoms with Gasteiger partial charge in [0.1, 0.15) is 5.82 Å². The predicted octanol–water partition coefficient (Wildman–Crippen LogP) is 2.99. The van der Waals surface area contributed by atoms with Gasteiger partial charge < -0.3 is 5.11 Å². The molecule has 0 aromatic heterocycles. The fourth-order valence-corrected chi connectivity index (χ4v) is 1.39. The zero-order valence-electron chi connectivity index (χ0n) is 9.82. The second-order valence-corrected chi connectivity index (χ2v) is 4.23. The summed E-state index contributed by atoms with van der Waals surface area (Å²) >= 11 is 0. The minimum Gasteiger partial charge on any atom is -0.368 e. The van der Waals surface area contributed by atoms with Gasteiger partial charge in [0.05, 0.1) is 5.56 Å². The number of aryl methyl sites for hydroxylation is 1. The molecule has 0 spiro atoms. The lowest BCUT2D eigenvalue weighted by Crippen LogP contribution is -2.53. The van der Waals surface area contributed by atoms with E-state index >= 15 is 0 Å². The third-order valence-corrected chi connectivity index (χ3v) is 2.65. The van der Waals surface area contributed by atoms with Gasteiger partial charge in [-0.1, -0.05) is 6.07 Å². The third-order valence-electron chi connectivity index (χ3n) is 2.65. The Labute approximate surface area is 109 Å². The summed E-state index contributed by atoms with van der Waals surface area (Å²) in [6.07, 6.45) is -11.6. The number of aliphatic hydroxyl groups is 1. The van der Waals surface area contributed by atoms with Crippen LogP contribution in [0, 0.1) is 5.82 Å². The lowest BCUT2D eigenvalue weighted by Gasteiger charge is -2.25. The monoisotopic (exact) mass is 305 g/mol. The van der Waals surface area contributed by atoms with Gasteiger partial charge in [0.25, 0.3) is 0 Å². The predicted molar refractivity (Wildman–Crippen MR) is 54.9 cm³/mol. The van der Waals surface area contributed by atoms with E-state index in [0.29, 0.717) is 12.1 Å². The van der Waals surface area contributed by atoms with E-state index < -0.39 is 47.9 Å². The van der Waals surface area contributed by atoms with Crippen molar-refractivity contribution in [1.82, 2.24) is 0 Å². The summed E-state index contributed by atoms with van der Waals surface area (Å²) in [5.74, 6) is -1.31. The second kappa shape index (κ2) is 5.21. The molecule has 0 aliphatic rings. The molecule has 20 heavy (non-hydrogen) atoms. The molecule has 0 aliphatic heterocycles. The maximum absolute atomic E-state index is 13.3. The zero-order valence-corrected chi connectivity index (χ0v) is 9.82. The fraction of sp³-hybridized carbons (Fsp3) is 0.455. The maximum Gasteiger partial charge on any atom is 0.430 e. The first-order chi connectivity index (χ1) is 8.84.